The van der Waals surface area contributed by atoms with Crippen LogP contribution in [0.15, 0.2) is 61.1 Å². The number of aromatic nitrogens is 3. The summed E-state index contributed by atoms with van der Waals surface area (Å²) in [4.78, 5) is 37.7. The Morgan fingerprint density at radius 1 is 1.03 bits per heavy atom. The van der Waals surface area contributed by atoms with Gasteiger partial charge in [0.15, 0.2) is 0 Å². The third kappa shape index (κ3) is 6.13. The van der Waals surface area contributed by atoms with Crippen molar-refractivity contribution in [1.82, 2.24) is 24.6 Å². The van der Waals surface area contributed by atoms with Gasteiger partial charge in [0.1, 0.15) is 0 Å². The molecule has 0 aliphatic carbocycles. The molecule has 5 rings (SSSR count). The molecule has 2 amide bonds. The quantitative estimate of drug-likeness (QED) is 0.515. The number of fused-ring (bicyclic) bond motifs is 3. The topological polar surface area (TPSA) is 74.6 Å². The lowest BCUT2D eigenvalue weighted by Crippen LogP contribution is -2.52. The van der Waals surface area contributed by atoms with E-state index in [0.29, 0.717) is 38.5 Å². The van der Waals surface area contributed by atoms with E-state index in [2.05, 4.69) is 27.1 Å². The van der Waals surface area contributed by atoms with Gasteiger partial charge in [0, 0.05) is 76.7 Å². The summed E-state index contributed by atoms with van der Waals surface area (Å²) in [5, 5.41) is 4.26. The lowest BCUT2D eigenvalue weighted by Gasteiger charge is -2.44. The molecule has 8 nitrogen and oxygen atoms in total. The molecule has 38 heavy (non-hydrogen) atoms. The number of hydrogen-bond acceptors (Lipinski definition) is 5. The van der Waals surface area contributed by atoms with Gasteiger partial charge >= 0.3 is 0 Å². The number of nitrogens with zero attached hydrogens (tertiary/aromatic N) is 6. The average molecular weight is 515 g/mol. The van der Waals surface area contributed by atoms with Crippen LogP contribution in [-0.2, 0) is 36.1 Å². The van der Waals surface area contributed by atoms with Crippen LogP contribution in [0.1, 0.15) is 55.8 Å². The summed E-state index contributed by atoms with van der Waals surface area (Å²) in [6.07, 6.45) is 10.9. The molecular formula is C30H38N6O2. The number of aryl methyl sites for hydroxylation is 2. The van der Waals surface area contributed by atoms with Gasteiger partial charge in [0.05, 0.1) is 11.9 Å². The van der Waals surface area contributed by atoms with Gasteiger partial charge in [-0.25, -0.2) is 0 Å². The summed E-state index contributed by atoms with van der Waals surface area (Å²) < 4.78 is 1.78. The van der Waals surface area contributed by atoms with Gasteiger partial charge < -0.3 is 9.80 Å². The van der Waals surface area contributed by atoms with Gasteiger partial charge in [-0.15, -0.1) is 0 Å². The van der Waals surface area contributed by atoms with Gasteiger partial charge in [0.25, 0.3) is 0 Å². The number of anilines is 1. The summed E-state index contributed by atoms with van der Waals surface area (Å²) in [5.74, 6) is 0.173. The molecule has 2 aliphatic heterocycles. The maximum Gasteiger partial charge on any atom is 0.223 e. The first-order valence-electron chi connectivity index (χ1n) is 13.7. The van der Waals surface area contributed by atoms with Crippen molar-refractivity contribution in [2.24, 2.45) is 7.05 Å². The number of para-hydroxylation sites is 1. The number of rotatable bonds is 5. The van der Waals surface area contributed by atoms with E-state index in [4.69, 9.17) is 0 Å². The second-order valence-electron chi connectivity index (χ2n) is 10.6. The van der Waals surface area contributed by atoms with Gasteiger partial charge in [-0.2, -0.15) is 5.10 Å². The lowest BCUT2D eigenvalue weighted by atomic mass is 9.92. The van der Waals surface area contributed by atoms with E-state index in [-0.39, 0.29) is 17.9 Å². The minimum absolute atomic E-state index is 0.0368. The highest BCUT2D eigenvalue weighted by atomic mass is 16.2. The summed E-state index contributed by atoms with van der Waals surface area (Å²) in [6.45, 7) is 4.22. The molecule has 2 unspecified atom stereocenters. The minimum atomic E-state index is 0.0368. The van der Waals surface area contributed by atoms with Gasteiger partial charge in [-0.3, -0.25) is 24.2 Å². The minimum Gasteiger partial charge on any atom is -0.337 e. The number of carbonyl (C=O) groups is 2. The molecule has 3 aromatic rings. The fraction of sp³-hybridized carbons (Fsp3) is 0.467. The predicted octanol–water partition coefficient (Wildman–Crippen LogP) is 3.96. The molecule has 0 radical (unpaired) electrons. The van der Waals surface area contributed by atoms with Crippen molar-refractivity contribution >= 4 is 17.5 Å². The normalized spacial score (nSPS) is 20.5. The zero-order valence-corrected chi connectivity index (χ0v) is 22.5. The Balaban J connectivity index is 1.47. The molecule has 0 N–H and O–H groups in total. The third-order valence-corrected chi connectivity index (χ3v) is 7.96. The molecule has 1 fully saturated rings. The van der Waals surface area contributed by atoms with E-state index >= 15 is 0 Å². The monoisotopic (exact) mass is 514 g/mol. The number of carbonyl (C=O) groups excluding carboxylic acids is 2. The van der Waals surface area contributed by atoms with E-state index in [1.807, 2.05) is 65.8 Å². The molecular weight excluding hydrogens is 476 g/mol. The van der Waals surface area contributed by atoms with E-state index in [9.17, 15) is 9.59 Å². The zero-order chi connectivity index (χ0) is 26.5. The standard InChI is InChI=1S/C30H38N6O2/c1-23(37)35-17-15-27-10-7-11-28(36(27)21-26-9-5-6-16-31-26)22-34(20-25-8-3-4-12-29(25)35)30(38)14-13-24-18-32-33(2)19-24/h3-6,8-9,12,16,18-19,27-28H,7,10-11,13-15,17,20-22H2,1-2H3. The van der Waals surface area contributed by atoms with Crippen molar-refractivity contribution in [2.45, 2.75) is 70.6 Å². The van der Waals surface area contributed by atoms with Gasteiger partial charge in [0.2, 0.25) is 11.8 Å². The van der Waals surface area contributed by atoms with E-state index in [1.165, 1.54) is 0 Å². The molecule has 1 saturated heterocycles. The molecule has 200 valence electrons. The summed E-state index contributed by atoms with van der Waals surface area (Å²) in [7, 11) is 1.90. The molecule has 0 saturated carbocycles. The summed E-state index contributed by atoms with van der Waals surface area (Å²) in [6, 6.07) is 14.7. The fourth-order valence-corrected chi connectivity index (χ4v) is 6.02. The van der Waals surface area contributed by atoms with Crippen molar-refractivity contribution in [3.05, 3.63) is 77.9 Å². The SMILES string of the molecule is CC(=O)N1CCC2CCCC(CN(C(=O)CCc3cnn(C)c3)Cc3ccccc31)N2Cc1ccccn1. The largest absolute Gasteiger partial charge is 0.337 e. The molecule has 2 bridgehead atoms. The first-order valence-corrected chi connectivity index (χ1v) is 13.7. The lowest BCUT2D eigenvalue weighted by molar-refractivity contribution is -0.133. The highest BCUT2D eigenvalue weighted by molar-refractivity contribution is 5.92. The van der Waals surface area contributed by atoms with Crippen LogP contribution < -0.4 is 4.90 Å². The Hall–Kier alpha value is -3.52. The Morgan fingerprint density at radius 2 is 1.84 bits per heavy atom. The Bertz CT molecular complexity index is 1240. The number of pyridine rings is 1. The molecule has 2 aliphatic rings. The highest BCUT2D eigenvalue weighted by Crippen LogP contribution is 2.31. The van der Waals surface area contributed by atoms with Crippen LogP contribution in [0.25, 0.3) is 0 Å². The van der Waals surface area contributed by atoms with Crippen LogP contribution in [0.2, 0.25) is 0 Å². The van der Waals surface area contributed by atoms with Crippen molar-refractivity contribution in [2.75, 3.05) is 18.0 Å². The third-order valence-electron chi connectivity index (χ3n) is 7.96. The first kappa shape index (κ1) is 26.1. The predicted molar refractivity (Wildman–Crippen MR) is 147 cm³/mol. The van der Waals surface area contributed by atoms with Crippen LogP contribution in [0, 0.1) is 0 Å². The number of benzene rings is 1. The second-order valence-corrected chi connectivity index (χ2v) is 10.6. The smallest absolute Gasteiger partial charge is 0.223 e. The van der Waals surface area contributed by atoms with E-state index < -0.39 is 0 Å². The first-order chi connectivity index (χ1) is 18.5. The van der Waals surface area contributed by atoms with E-state index in [1.54, 1.807) is 11.6 Å². The van der Waals surface area contributed by atoms with Crippen LogP contribution in [0.5, 0.6) is 0 Å². The molecule has 2 aromatic heterocycles. The number of hydrogen-bond donors (Lipinski definition) is 0. The summed E-state index contributed by atoms with van der Waals surface area (Å²) >= 11 is 0. The number of amides is 2. The summed E-state index contributed by atoms with van der Waals surface area (Å²) in [5.41, 5.74) is 4.04. The molecule has 8 heteroatoms. The fourth-order valence-electron chi connectivity index (χ4n) is 6.02. The highest BCUT2D eigenvalue weighted by Gasteiger charge is 2.34. The van der Waals surface area contributed by atoms with Gasteiger partial charge in [-0.05, 0) is 55.0 Å². The van der Waals surface area contributed by atoms with Gasteiger partial charge in [-0.1, -0.05) is 30.7 Å². The van der Waals surface area contributed by atoms with Crippen LogP contribution in [0.3, 0.4) is 0 Å². The van der Waals surface area contributed by atoms with Crippen molar-refractivity contribution in [3.8, 4) is 0 Å². The Kier molecular flexibility index (Phi) is 8.17. The number of piperidine rings is 1. The van der Waals surface area contributed by atoms with Crippen molar-refractivity contribution in [1.29, 1.82) is 0 Å². The second kappa shape index (κ2) is 11.9. The Labute approximate surface area is 225 Å². The average Bonchev–Trinajstić information content (AvgIpc) is 3.34. The maximum absolute atomic E-state index is 13.8. The zero-order valence-electron chi connectivity index (χ0n) is 22.5. The molecule has 4 heterocycles. The Morgan fingerprint density at radius 3 is 2.61 bits per heavy atom. The van der Waals surface area contributed by atoms with Crippen molar-refractivity contribution < 1.29 is 9.59 Å². The van der Waals surface area contributed by atoms with Crippen LogP contribution in [0.4, 0.5) is 5.69 Å². The maximum atomic E-state index is 13.8. The van der Waals surface area contributed by atoms with Crippen molar-refractivity contribution in [3.63, 3.8) is 0 Å². The molecule has 1 aromatic carbocycles. The van der Waals surface area contributed by atoms with Crippen LogP contribution in [-0.4, -0.2) is 61.6 Å². The molecule has 2 atom stereocenters. The van der Waals surface area contributed by atoms with Crippen LogP contribution >= 0.6 is 0 Å². The molecule has 0 spiro atoms. The van der Waals surface area contributed by atoms with E-state index in [0.717, 1.165) is 54.7 Å².